The van der Waals surface area contributed by atoms with Gasteiger partial charge in [-0.1, -0.05) is 54.1 Å². The van der Waals surface area contributed by atoms with Gasteiger partial charge in [-0.3, -0.25) is 14.8 Å². The second-order valence-corrected chi connectivity index (χ2v) is 8.31. The number of carbonyl (C=O) groups is 1. The number of anilines is 1. The number of nitrogens with two attached hydrogens (primary N) is 1. The van der Waals surface area contributed by atoms with E-state index in [-0.39, 0.29) is 5.78 Å². The molecule has 6 nitrogen and oxygen atoms in total. The van der Waals surface area contributed by atoms with Crippen LogP contribution in [0.3, 0.4) is 0 Å². The van der Waals surface area contributed by atoms with E-state index in [9.17, 15) is 10.1 Å². The first-order valence-corrected chi connectivity index (χ1v) is 10.8. The van der Waals surface area contributed by atoms with Crippen LogP contribution in [0.15, 0.2) is 83.3 Å². The molecule has 2 aromatic carbocycles. The number of rotatable bonds is 3. The van der Waals surface area contributed by atoms with Crippen LogP contribution < -0.4 is 10.6 Å². The lowest BCUT2D eigenvalue weighted by Crippen LogP contribution is -2.38. The molecule has 0 amide bonds. The number of ketones is 1. The van der Waals surface area contributed by atoms with Crippen molar-refractivity contribution < 1.29 is 4.79 Å². The van der Waals surface area contributed by atoms with Gasteiger partial charge in [-0.2, -0.15) is 10.4 Å². The molecule has 0 radical (unpaired) electrons. The average molecular weight is 442 g/mol. The molecule has 3 aromatic rings. The van der Waals surface area contributed by atoms with Crippen molar-refractivity contribution in [3.8, 4) is 17.3 Å². The van der Waals surface area contributed by atoms with E-state index in [1.165, 1.54) is 0 Å². The Morgan fingerprint density at radius 1 is 1.12 bits per heavy atom. The summed E-state index contributed by atoms with van der Waals surface area (Å²) >= 11 is 6.07. The molecule has 1 atom stereocenters. The lowest BCUT2D eigenvalue weighted by atomic mass is 9.75. The summed E-state index contributed by atoms with van der Waals surface area (Å²) in [5.74, 6) is 0.386. The second-order valence-electron chi connectivity index (χ2n) is 7.87. The van der Waals surface area contributed by atoms with Gasteiger partial charge in [0, 0.05) is 28.8 Å². The molecular weight excluding hydrogens is 422 g/mol. The first-order valence-electron chi connectivity index (χ1n) is 10.4. The van der Waals surface area contributed by atoms with E-state index < -0.39 is 5.92 Å². The van der Waals surface area contributed by atoms with Crippen molar-refractivity contribution in [2.24, 2.45) is 5.73 Å². The van der Waals surface area contributed by atoms with Crippen molar-refractivity contribution in [1.82, 2.24) is 10.2 Å². The highest BCUT2D eigenvalue weighted by molar-refractivity contribution is 6.30. The Morgan fingerprint density at radius 3 is 2.59 bits per heavy atom. The highest BCUT2D eigenvalue weighted by Gasteiger charge is 2.40. The third-order valence-corrected chi connectivity index (χ3v) is 6.25. The maximum Gasteiger partial charge on any atom is 0.161 e. The second kappa shape index (κ2) is 8.03. The summed E-state index contributed by atoms with van der Waals surface area (Å²) in [4.78, 5) is 14.9. The zero-order valence-corrected chi connectivity index (χ0v) is 17.9. The summed E-state index contributed by atoms with van der Waals surface area (Å²) < 4.78 is 0. The van der Waals surface area contributed by atoms with Crippen LogP contribution in [0.25, 0.3) is 11.3 Å². The molecule has 0 spiro atoms. The van der Waals surface area contributed by atoms with Crippen LogP contribution in [-0.2, 0) is 4.79 Å². The number of benzene rings is 2. The minimum atomic E-state index is -0.510. The Kier molecular flexibility index (Phi) is 5.04. The monoisotopic (exact) mass is 441 g/mol. The highest BCUT2D eigenvalue weighted by atomic mass is 35.5. The Hall–Kier alpha value is -3.82. The van der Waals surface area contributed by atoms with Gasteiger partial charge in [0.2, 0.25) is 0 Å². The van der Waals surface area contributed by atoms with Gasteiger partial charge in [0.25, 0.3) is 0 Å². The zero-order chi connectivity index (χ0) is 22.2. The summed E-state index contributed by atoms with van der Waals surface area (Å²) in [6.07, 6.45) is 1.86. The van der Waals surface area contributed by atoms with E-state index >= 15 is 0 Å². The first-order chi connectivity index (χ1) is 15.6. The number of Topliss-reactive ketones (excluding diaryl/α,β-unsaturated/α-hetero) is 1. The fraction of sp³-hybridized carbons (Fsp3) is 0.160. The third kappa shape index (κ3) is 3.28. The molecule has 7 heteroatoms. The SMILES string of the molecule is N#CC1=C(N)N(c2cc(-c3ccccc3)[nH]n2)C2=C(C(=O)CCC2)C1c1ccc(Cl)cc1. The number of aromatic nitrogens is 2. The number of carbonyl (C=O) groups excluding carboxylic acids is 1. The van der Waals surface area contributed by atoms with Gasteiger partial charge in [0.05, 0.1) is 23.3 Å². The summed E-state index contributed by atoms with van der Waals surface area (Å²) in [6.45, 7) is 0. The zero-order valence-electron chi connectivity index (χ0n) is 17.2. The molecule has 32 heavy (non-hydrogen) atoms. The topological polar surface area (TPSA) is 98.8 Å². The molecular formula is C25H20ClN5O. The van der Waals surface area contributed by atoms with Gasteiger partial charge in [0.1, 0.15) is 5.82 Å². The number of nitrogens with zero attached hydrogens (tertiary/aromatic N) is 3. The number of nitriles is 1. The van der Waals surface area contributed by atoms with Crippen molar-refractivity contribution in [3.05, 3.63) is 93.9 Å². The number of halogens is 1. The molecule has 1 aliphatic carbocycles. The molecule has 1 aliphatic heterocycles. The van der Waals surface area contributed by atoms with Crippen LogP contribution in [0, 0.1) is 11.3 Å². The number of aromatic amines is 1. The van der Waals surface area contributed by atoms with E-state index in [2.05, 4.69) is 16.3 Å². The van der Waals surface area contributed by atoms with Crippen molar-refractivity contribution in [2.75, 3.05) is 4.90 Å². The minimum Gasteiger partial charge on any atom is -0.384 e. The molecule has 3 N–H and O–H groups in total. The smallest absolute Gasteiger partial charge is 0.161 e. The average Bonchev–Trinajstić information content (AvgIpc) is 3.29. The van der Waals surface area contributed by atoms with E-state index in [0.717, 1.165) is 28.9 Å². The van der Waals surface area contributed by atoms with Crippen molar-refractivity contribution in [3.63, 3.8) is 0 Å². The Balaban J connectivity index is 1.67. The van der Waals surface area contributed by atoms with Crippen molar-refractivity contribution in [2.45, 2.75) is 25.2 Å². The molecule has 0 saturated carbocycles. The maximum atomic E-state index is 13.1. The molecule has 1 unspecified atom stereocenters. The molecule has 0 fully saturated rings. The Labute approximate surface area is 190 Å². The molecule has 0 bridgehead atoms. The fourth-order valence-corrected chi connectivity index (χ4v) is 4.65. The van der Waals surface area contributed by atoms with Crippen LogP contribution in [0.1, 0.15) is 30.7 Å². The van der Waals surface area contributed by atoms with Gasteiger partial charge in [0.15, 0.2) is 11.6 Å². The minimum absolute atomic E-state index is 0.0373. The van der Waals surface area contributed by atoms with Gasteiger partial charge in [-0.05, 0) is 36.1 Å². The standard InChI is InChI=1S/C25H20ClN5O/c26-17-11-9-16(10-12-17)23-18(14-27)25(28)31(20-7-4-8-21(32)24(20)23)22-13-19(29-30-22)15-5-2-1-3-6-15/h1-3,5-6,9-13,23H,4,7-8,28H2,(H,29,30). The number of allylic oxidation sites excluding steroid dienone is 3. The van der Waals surface area contributed by atoms with Gasteiger partial charge in [-0.25, -0.2) is 0 Å². The lowest BCUT2D eigenvalue weighted by molar-refractivity contribution is -0.116. The van der Waals surface area contributed by atoms with Crippen LogP contribution in [0.2, 0.25) is 5.02 Å². The molecule has 0 saturated heterocycles. The van der Waals surface area contributed by atoms with Crippen molar-refractivity contribution >= 4 is 23.2 Å². The van der Waals surface area contributed by atoms with Crippen LogP contribution >= 0.6 is 11.6 Å². The normalized spacial score (nSPS) is 18.6. The van der Waals surface area contributed by atoms with E-state index in [1.807, 2.05) is 48.5 Å². The molecule has 2 aliphatic rings. The van der Waals surface area contributed by atoms with E-state index in [0.29, 0.717) is 40.6 Å². The molecule has 1 aromatic heterocycles. The molecule has 2 heterocycles. The number of hydrogen-bond acceptors (Lipinski definition) is 5. The third-order valence-electron chi connectivity index (χ3n) is 5.99. The maximum absolute atomic E-state index is 13.1. The predicted molar refractivity (Wildman–Crippen MR) is 123 cm³/mol. The molecule has 5 rings (SSSR count). The highest BCUT2D eigenvalue weighted by Crippen LogP contribution is 2.46. The number of H-pyrrole nitrogens is 1. The first kappa shape index (κ1) is 20.1. The van der Waals surface area contributed by atoms with Gasteiger partial charge >= 0.3 is 0 Å². The van der Waals surface area contributed by atoms with Crippen LogP contribution in [0.5, 0.6) is 0 Å². The summed E-state index contributed by atoms with van der Waals surface area (Å²) in [7, 11) is 0. The Morgan fingerprint density at radius 2 is 1.88 bits per heavy atom. The van der Waals surface area contributed by atoms with Gasteiger partial charge < -0.3 is 5.73 Å². The lowest BCUT2D eigenvalue weighted by Gasteiger charge is -2.38. The summed E-state index contributed by atoms with van der Waals surface area (Å²) in [6, 6.07) is 21.2. The van der Waals surface area contributed by atoms with Crippen molar-refractivity contribution in [1.29, 1.82) is 5.26 Å². The number of nitrogens with one attached hydrogen (secondary N) is 1. The fourth-order valence-electron chi connectivity index (χ4n) is 4.53. The van der Waals surface area contributed by atoms with E-state index in [1.54, 1.807) is 17.0 Å². The largest absolute Gasteiger partial charge is 0.384 e. The van der Waals surface area contributed by atoms with Gasteiger partial charge in [-0.15, -0.1) is 0 Å². The quantitative estimate of drug-likeness (QED) is 0.593. The van der Waals surface area contributed by atoms with E-state index in [4.69, 9.17) is 17.3 Å². The Bertz CT molecular complexity index is 1300. The number of hydrogen-bond donors (Lipinski definition) is 2. The van der Waals surface area contributed by atoms with Crippen LogP contribution in [0.4, 0.5) is 5.82 Å². The molecule has 158 valence electrons. The van der Waals surface area contributed by atoms with Crippen LogP contribution in [-0.4, -0.2) is 16.0 Å². The summed E-state index contributed by atoms with van der Waals surface area (Å²) in [5, 5.41) is 18.2. The predicted octanol–water partition coefficient (Wildman–Crippen LogP) is 5.03. The summed E-state index contributed by atoms with van der Waals surface area (Å²) in [5.41, 5.74) is 11.0.